The summed E-state index contributed by atoms with van der Waals surface area (Å²) >= 11 is 0. The molecule has 0 unspecified atom stereocenters. The molecule has 1 aliphatic rings. The second kappa shape index (κ2) is 10.2. The van der Waals surface area contributed by atoms with Gasteiger partial charge in [0.05, 0.1) is 21.3 Å². The third-order valence-electron chi connectivity index (χ3n) is 5.00. The number of carbonyl (C=O) groups is 1. The molecule has 2 rings (SSSR count). The van der Waals surface area contributed by atoms with Gasteiger partial charge in [0.25, 0.3) is 0 Å². The summed E-state index contributed by atoms with van der Waals surface area (Å²) in [7, 11) is 4.79. The summed E-state index contributed by atoms with van der Waals surface area (Å²) in [5, 5.41) is 2.98. The largest absolute Gasteiger partial charge is 0.496 e. The predicted octanol–water partition coefficient (Wildman–Crippen LogP) is 4.08. The van der Waals surface area contributed by atoms with Gasteiger partial charge in [-0.1, -0.05) is 32.1 Å². The summed E-state index contributed by atoms with van der Waals surface area (Å²) in [6.07, 6.45) is 9.50. The van der Waals surface area contributed by atoms with E-state index in [0.717, 1.165) is 17.9 Å². The first-order valence-electron chi connectivity index (χ1n) is 9.23. The molecule has 1 aromatic rings. The Bertz CT molecular complexity index is 553. The highest BCUT2D eigenvalue weighted by molar-refractivity contribution is 5.76. The van der Waals surface area contributed by atoms with Crippen LogP contribution in [0.15, 0.2) is 12.1 Å². The highest BCUT2D eigenvalue weighted by Crippen LogP contribution is 2.34. The van der Waals surface area contributed by atoms with Crippen molar-refractivity contribution in [2.24, 2.45) is 5.92 Å². The fourth-order valence-electron chi connectivity index (χ4n) is 3.54. The van der Waals surface area contributed by atoms with Crippen molar-refractivity contribution in [3.8, 4) is 17.2 Å². The first-order valence-corrected chi connectivity index (χ1v) is 9.23. The van der Waals surface area contributed by atoms with Gasteiger partial charge in [-0.15, -0.1) is 0 Å². The lowest BCUT2D eigenvalue weighted by molar-refractivity contribution is -0.121. The van der Waals surface area contributed by atoms with Crippen molar-refractivity contribution in [3.63, 3.8) is 0 Å². The van der Waals surface area contributed by atoms with E-state index in [1.54, 1.807) is 27.4 Å². The van der Waals surface area contributed by atoms with Gasteiger partial charge in [-0.3, -0.25) is 4.79 Å². The third-order valence-corrected chi connectivity index (χ3v) is 5.00. The molecule has 0 atom stereocenters. The SMILES string of the molecule is COc1cc(OC)c(OC)cc1CNC(=O)CCCC1CCCCC1. The second-order valence-electron chi connectivity index (χ2n) is 6.69. The summed E-state index contributed by atoms with van der Waals surface area (Å²) in [5.41, 5.74) is 0.876. The molecule has 5 nitrogen and oxygen atoms in total. The number of nitrogens with one attached hydrogen (secondary N) is 1. The molecule has 0 bridgehead atoms. The number of hydrogen-bond acceptors (Lipinski definition) is 4. The number of benzene rings is 1. The summed E-state index contributed by atoms with van der Waals surface area (Å²) in [5.74, 6) is 2.84. The molecule has 1 N–H and O–H groups in total. The molecule has 0 aromatic heterocycles. The normalized spacial score (nSPS) is 14.8. The fraction of sp³-hybridized carbons (Fsp3) is 0.650. The van der Waals surface area contributed by atoms with Crippen molar-refractivity contribution >= 4 is 5.91 Å². The molecule has 140 valence electrons. The first kappa shape index (κ1) is 19.4. The third kappa shape index (κ3) is 5.83. The number of methoxy groups -OCH3 is 3. The molecule has 0 saturated heterocycles. The second-order valence-corrected chi connectivity index (χ2v) is 6.69. The zero-order chi connectivity index (χ0) is 18.1. The summed E-state index contributed by atoms with van der Waals surface area (Å²) in [4.78, 5) is 12.1. The molecule has 5 heteroatoms. The molecule has 1 aliphatic carbocycles. The number of carbonyl (C=O) groups excluding carboxylic acids is 1. The van der Waals surface area contributed by atoms with E-state index in [0.29, 0.717) is 30.2 Å². The van der Waals surface area contributed by atoms with E-state index in [1.807, 2.05) is 6.07 Å². The van der Waals surface area contributed by atoms with Crippen molar-refractivity contribution in [1.82, 2.24) is 5.32 Å². The van der Waals surface area contributed by atoms with Gasteiger partial charge in [-0.25, -0.2) is 0 Å². The van der Waals surface area contributed by atoms with Crippen LogP contribution in [0.5, 0.6) is 17.2 Å². The minimum absolute atomic E-state index is 0.0904. The zero-order valence-corrected chi connectivity index (χ0v) is 15.7. The Balaban J connectivity index is 1.82. The summed E-state index contributed by atoms with van der Waals surface area (Å²) < 4.78 is 16.0. The monoisotopic (exact) mass is 349 g/mol. The van der Waals surface area contributed by atoms with Crippen LogP contribution in [0.2, 0.25) is 0 Å². The summed E-state index contributed by atoms with van der Waals surface area (Å²) in [6.45, 7) is 0.422. The first-order chi connectivity index (χ1) is 12.2. The molecular formula is C20H31NO4. The van der Waals surface area contributed by atoms with Gasteiger partial charge in [0, 0.05) is 24.6 Å². The number of amides is 1. The molecule has 25 heavy (non-hydrogen) atoms. The Morgan fingerprint density at radius 1 is 1.00 bits per heavy atom. The smallest absolute Gasteiger partial charge is 0.220 e. The Labute approximate surface area is 151 Å². The molecule has 1 aromatic carbocycles. The molecule has 1 saturated carbocycles. The summed E-state index contributed by atoms with van der Waals surface area (Å²) in [6, 6.07) is 3.63. The Hall–Kier alpha value is -1.91. The van der Waals surface area contributed by atoms with Crippen LogP contribution in [-0.4, -0.2) is 27.2 Å². The van der Waals surface area contributed by atoms with Crippen LogP contribution >= 0.6 is 0 Å². The van der Waals surface area contributed by atoms with Gasteiger partial charge < -0.3 is 19.5 Å². The van der Waals surface area contributed by atoms with E-state index in [2.05, 4.69) is 5.32 Å². The van der Waals surface area contributed by atoms with Crippen molar-refractivity contribution < 1.29 is 19.0 Å². The van der Waals surface area contributed by atoms with Gasteiger partial charge in [0.15, 0.2) is 11.5 Å². The van der Waals surface area contributed by atoms with E-state index >= 15 is 0 Å². The Morgan fingerprint density at radius 3 is 2.28 bits per heavy atom. The average molecular weight is 349 g/mol. The van der Waals surface area contributed by atoms with Crippen LogP contribution < -0.4 is 19.5 Å². The lowest BCUT2D eigenvalue weighted by Gasteiger charge is -2.21. The van der Waals surface area contributed by atoms with Crippen molar-refractivity contribution in [3.05, 3.63) is 17.7 Å². The standard InChI is InChI=1S/C20H31NO4/c1-23-17-13-19(25-3)18(24-2)12-16(17)14-21-20(22)11-7-10-15-8-5-4-6-9-15/h12-13,15H,4-11,14H2,1-3H3,(H,21,22). The maximum absolute atomic E-state index is 12.1. The Morgan fingerprint density at radius 2 is 1.64 bits per heavy atom. The van der Waals surface area contributed by atoms with Crippen molar-refractivity contribution in [2.45, 2.75) is 57.9 Å². The van der Waals surface area contributed by atoms with Gasteiger partial charge in [0.1, 0.15) is 5.75 Å². The van der Waals surface area contributed by atoms with Gasteiger partial charge in [-0.05, 0) is 24.8 Å². The predicted molar refractivity (Wildman–Crippen MR) is 98.4 cm³/mol. The van der Waals surface area contributed by atoms with Crippen LogP contribution in [0.25, 0.3) is 0 Å². The van der Waals surface area contributed by atoms with Crippen LogP contribution in [0.1, 0.15) is 56.9 Å². The highest BCUT2D eigenvalue weighted by Gasteiger charge is 2.15. The molecule has 0 aliphatic heterocycles. The van der Waals surface area contributed by atoms with Crippen LogP contribution in [0.4, 0.5) is 0 Å². The lowest BCUT2D eigenvalue weighted by Crippen LogP contribution is -2.23. The van der Waals surface area contributed by atoms with Crippen molar-refractivity contribution in [2.75, 3.05) is 21.3 Å². The number of rotatable bonds is 9. The van der Waals surface area contributed by atoms with Gasteiger partial charge in [0.2, 0.25) is 5.91 Å². The topological polar surface area (TPSA) is 56.8 Å². The molecule has 1 fully saturated rings. The lowest BCUT2D eigenvalue weighted by atomic mass is 9.86. The number of hydrogen-bond donors (Lipinski definition) is 1. The van der Waals surface area contributed by atoms with E-state index < -0.39 is 0 Å². The molecular weight excluding hydrogens is 318 g/mol. The van der Waals surface area contributed by atoms with Gasteiger partial charge in [-0.2, -0.15) is 0 Å². The van der Waals surface area contributed by atoms with Crippen LogP contribution in [0, 0.1) is 5.92 Å². The van der Waals surface area contributed by atoms with Crippen LogP contribution in [0.3, 0.4) is 0 Å². The quantitative estimate of drug-likeness (QED) is 0.730. The van der Waals surface area contributed by atoms with E-state index in [-0.39, 0.29) is 5.91 Å². The van der Waals surface area contributed by atoms with E-state index in [1.165, 1.54) is 38.5 Å². The fourth-order valence-corrected chi connectivity index (χ4v) is 3.54. The maximum atomic E-state index is 12.1. The van der Waals surface area contributed by atoms with E-state index in [9.17, 15) is 4.79 Å². The Kier molecular flexibility index (Phi) is 7.89. The highest BCUT2D eigenvalue weighted by atomic mass is 16.5. The zero-order valence-electron chi connectivity index (χ0n) is 15.7. The molecule has 0 heterocycles. The average Bonchev–Trinajstić information content (AvgIpc) is 2.66. The maximum Gasteiger partial charge on any atom is 0.220 e. The molecule has 0 radical (unpaired) electrons. The van der Waals surface area contributed by atoms with E-state index in [4.69, 9.17) is 14.2 Å². The minimum Gasteiger partial charge on any atom is -0.496 e. The van der Waals surface area contributed by atoms with Gasteiger partial charge >= 0.3 is 0 Å². The molecule has 0 spiro atoms. The minimum atomic E-state index is 0.0904. The molecule has 1 amide bonds. The number of ether oxygens (including phenoxy) is 3. The van der Waals surface area contributed by atoms with Crippen molar-refractivity contribution in [1.29, 1.82) is 0 Å². The van der Waals surface area contributed by atoms with Crippen LogP contribution in [-0.2, 0) is 11.3 Å².